The number of carboxylic acids is 1. The predicted octanol–water partition coefficient (Wildman–Crippen LogP) is 4.38. The number of aliphatic carboxylic acids is 1. The number of allylic oxidation sites excluding steroid dienone is 2. The van der Waals surface area contributed by atoms with Gasteiger partial charge in [-0.1, -0.05) is 61.9 Å². The smallest absolute Gasteiger partial charge is 0.872 e. The molecular formula is C33H30MgN4O3-2. The van der Waals surface area contributed by atoms with Crippen LogP contribution in [0.15, 0.2) is 24.8 Å². The third kappa shape index (κ3) is 4.53. The standard InChI is InChI=1S/C33H33N4O3.Mg/c1-7-19-15(3)23-12-25-17(5)21(9-10-30(39)40)32(36-25)22-11-29(38)31-18(6)26(37-33(22)31)14-28-20(8-2)16(4)24(35-28)13-27(19)34-23;/h7,11-14,17,21H,1,8-10H2,2-6H3,(H3-,34,35,36,37,38,39,40);/q-1;+2/p-3/t17-,21-;/m0./s1. The van der Waals surface area contributed by atoms with Crippen LogP contribution >= 0.6 is 0 Å². The zero-order valence-corrected chi connectivity index (χ0v) is 25.5. The summed E-state index contributed by atoms with van der Waals surface area (Å²) in [6, 6.07) is 5.95. The van der Waals surface area contributed by atoms with Crippen LogP contribution in [0.25, 0.3) is 51.1 Å². The first-order valence-corrected chi connectivity index (χ1v) is 13.7. The van der Waals surface area contributed by atoms with E-state index in [2.05, 4.69) is 20.4 Å². The van der Waals surface area contributed by atoms with E-state index in [1.807, 2.05) is 45.0 Å². The largest absolute Gasteiger partial charge is 2.00 e. The van der Waals surface area contributed by atoms with Crippen molar-refractivity contribution in [3.05, 3.63) is 75.4 Å². The normalized spacial score (nSPS) is 17.4. The van der Waals surface area contributed by atoms with Crippen LogP contribution in [-0.4, -0.2) is 39.0 Å². The molecule has 0 fully saturated rings. The number of hydrogen-bond donors (Lipinski definition) is 0. The van der Waals surface area contributed by atoms with Crippen molar-refractivity contribution in [2.75, 3.05) is 0 Å². The van der Waals surface area contributed by atoms with E-state index in [-0.39, 0.29) is 47.1 Å². The minimum Gasteiger partial charge on any atom is -0.872 e. The van der Waals surface area contributed by atoms with Crippen LogP contribution in [0.5, 0.6) is 0 Å². The molecule has 7 nitrogen and oxygen atoms in total. The molecule has 0 N–H and O–H groups in total. The average Bonchev–Trinajstić information content (AvgIpc) is 3.65. The Kier molecular flexibility index (Phi) is 7.50. The molecule has 5 heterocycles. The van der Waals surface area contributed by atoms with Gasteiger partial charge in [-0.15, -0.1) is 27.8 Å². The van der Waals surface area contributed by atoms with Crippen molar-refractivity contribution in [2.24, 2.45) is 0 Å². The molecule has 41 heavy (non-hydrogen) atoms. The van der Waals surface area contributed by atoms with Crippen LogP contribution in [0.4, 0.5) is 0 Å². The summed E-state index contributed by atoms with van der Waals surface area (Å²) >= 11 is 0. The third-order valence-corrected chi connectivity index (χ3v) is 8.69. The Bertz CT molecular complexity index is 1860. The summed E-state index contributed by atoms with van der Waals surface area (Å²) in [6.45, 7) is 14.2. The van der Waals surface area contributed by atoms with Crippen molar-refractivity contribution in [1.82, 2.24) is 19.9 Å². The molecule has 1 aliphatic carbocycles. The van der Waals surface area contributed by atoms with Gasteiger partial charge in [-0.05, 0) is 67.9 Å². The SMILES string of the molecule is C=Cc1c(C)c2cc3nc(c4c5[n-]c(cc6nc(cc1[n-]2)C(C)=C6CC)c(C)c5C([O-])=C4)[C@@H](CCC(=O)[O-])[C@@H]3C.[Mg+2]. The molecule has 0 unspecified atom stereocenters. The van der Waals surface area contributed by atoms with Crippen LogP contribution in [0.3, 0.4) is 0 Å². The van der Waals surface area contributed by atoms with Gasteiger partial charge < -0.3 is 25.0 Å². The van der Waals surface area contributed by atoms with E-state index in [0.717, 1.165) is 62.4 Å². The molecule has 6 rings (SSSR count). The van der Waals surface area contributed by atoms with Gasteiger partial charge >= 0.3 is 23.1 Å². The van der Waals surface area contributed by atoms with E-state index in [1.165, 1.54) is 0 Å². The monoisotopic (exact) mass is 554 g/mol. The zero-order valence-electron chi connectivity index (χ0n) is 24.1. The van der Waals surface area contributed by atoms with Gasteiger partial charge in [0.05, 0.1) is 17.1 Å². The molecule has 2 atom stereocenters. The van der Waals surface area contributed by atoms with Crippen LogP contribution in [0, 0.1) is 13.8 Å². The molecule has 0 radical (unpaired) electrons. The summed E-state index contributed by atoms with van der Waals surface area (Å²) < 4.78 is 0. The summed E-state index contributed by atoms with van der Waals surface area (Å²) in [6.07, 6.45) is 4.48. The molecule has 3 aliphatic rings. The van der Waals surface area contributed by atoms with Crippen LogP contribution in [-0.2, 0) is 4.79 Å². The van der Waals surface area contributed by atoms with E-state index in [0.29, 0.717) is 34.3 Å². The molecule has 0 aromatic carbocycles. The number of nitrogens with zero attached hydrogens (tertiary/aromatic N) is 4. The fourth-order valence-corrected chi connectivity index (χ4v) is 6.37. The molecular weight excluding hydrogens is 525 g/mol. The number of carbonyl (C=O) groups excluding carboxylic acids is 1. The van der Waals surface area contributed by atoms with Crippen molar-refractivity contribution >= 4 is 80.1 Å². The Morgan fingerprint density at radius 2 is 1.76 bits per heavy atom. The molecule has 3 aromatic rings. The van der Waals surface area contributed by atoms with Gasteiger partial charge in [-0.2, -0.15) is 0 Å². The number of aryl methyl sites for hydroxylation is 2. The van der Waals surface area contributed by atoms with E-state index in [4.69, 9.17) is 19.9 Å². The summed E-state index contributed by atoms with van der Waals surface area (Å²) in [5, 5.41) is 24.7. The zero-order chi connectivity index (χ0) is 28.5. The Balaban J connectivity index is 0.00000337. The van der Waals surface area contributed by atoms with Gasteiger partial charge in [-0.3, -0.25) is 4.98 Å². The second-order valence-electron chi connectivity index (χ2n) is 10.9. The molecule has 8 bridgehead atoms. The summed E-state index contributed by atoms with van der Waals surface area (Å²) in [7, 11) is 0. The van der Waals surface area contributed by atoms with Gasteiger partial charge in [0.1, 0.15) is 0 Å². The van der Waals surface area contributed by atoms with Crippen LogP contribution in [0.2, 0.25) is 0 Å². The molecule has 0 amide bonds. The van der Waals surface area contributed by atoms with Crippen LogP contribution < -0.4 is 20.2 Å². The Morgan fingerprint density at radius 3 is 2.44 bits per heavy atom. The van der Waals surface area contributed by atoms with Gasteiger partial charge in [0.25, 0.3) is 0 Å². The molecule has 0 saturated carbocycles. The molecule has 2 aliphatic heterocycles. The number of hydrogen-bond acceptors (Lipinski definition) is 5. The minimum atomic E-state index is -1.11. The number of aromatic nitrogens is 4. The quantitative estimate of drug-likeness (QED) is 0.429. The van der Waals surface area contributed by atoms with E-state index in [9.17, 15) is 15.0 Å². The Morgan fingerprint density at radius 1 is 1.05 bits per heavy atom. The van der Waals surface area contributed by atoms with Crippen molar-refractivity contribution in [3.63, 3.8) is 0 Å². The van der Waals surface area contributed by atoms with Gasteiger partial charge in [0, 0.05) is 23.5 Å². The first-order valence-electron chi connectivity index (χ1n) is 13.7. The average molecular weight is 555 g/mol. The van der Waals surface area contributed by atoms with Crippen molar-refractivity contribution in [3.8, 4) is 0 Å². The number of fused-ring (bicyclic) bond motifs is 8. The first-order chi connectivity index (χ1) is 19.1. The molecule has 0 saturated heterocycles. The van der Waals surface area contributed by atoms with Crippen molar-refractivity contribution < 1.29 is 15.0 Å². The van der Waals surface area contributed by atoms with E-state index in [1.54, 1.807) is 6.08 Å². The minimum absolute atomic E-state index is 0. The first kappa shape index (κ1) is 28.9. The molecule has 8 heteroatoms. The molecule has 204 valence electrons. The fraction of sp³-hybridized carbons (Fsp3) is 0.303. The summed E-state index contributed by atoms with van der Waals surface area (Å²) in [5.74, 6) is -1.50. The second-order valence-corrected chi connectivity index (χ2v) is 10.9. The number of rotatable bonds is 5. The Hall–Kier alpha value is -3.62. The van der Waals surface area contributed by atoms with Gasteiger partial charge in [-0.25, -0.2) is 4.98 Å². The topological polar surface area (TPSA) is 117 Å². The predicted molar refractivity (Wildman–Crippen MR) is 160 cm³/mol. The van der Waals surface area contributed by atoms with Crippen LogP contribution in [0.1, 0.15) is 102 Å². The second kappa shape index (κ2) is 10.7. The summed E-state index contributed by atoms with van der Waals surface area (Å²) in [5.41, 5.74) is 12.3. The maximum absolute atomic E-state index is 13.3. The van der Waals surface area contributed by atoms with Gasteiger partial charge in [0.15, 0.2) is 0 Å². The number of carboxylic acid groups (broad SMARTS) is 1. The maximum Gasteiger partial charge on any atom is 2.00 e. The Labute approximate surface area is 255 Å². The van der Waals surface area contributed by atoms with E-state index >= 15 is 0 Å². The maximum atomic E-state index is 13.3. The van der Waals surface area contributed by atoms with Crippen molar-refractivity contribution in [2.45, 2.75) is 65.7 Å². The third-order valence-electron chi connectivity index (χ3n) is 8.69. The van der Waals surface area contributed by atoms with E-state index < -0.39 is 5.97 Å². The van der Waals surface area contributed by atoms with Crippen molar-refractivity contribution in [1.29, 1.82) is 0 Å². The molecule has 0 spiro atoms. The number of carbonyl (C=O) groups is 1. The molecule has 3 aromatic heterocycles. The fourth-order valence-electron chi connectivity index (χ4n) is 6.37. The summed E-state index contributed by atoms with van der Waals surface area (Å²) in [4.78, 5) is 31.4. The van der Waals surface area contributed by atoms with Gasteiger partial charge in [0.2, 0.25) is 0 Å².